The second-order valence-electron chi connectivity index (χ2n) is 9.03. The molecule has 7 heteroatoms. The standard InChI is InChI=1S/C30H28FN3O3/c1-2-12-37-29-10-6-20(19-5-8-27-21(13-19)4-3-11-32-27)15-26(29)30(36)34-24(18-35)14-22-17-33-28-9-7-23(31)16-25(22)28/h3-11,13,15-17,24,33,35H,2,12,14,18H2,1H3,(H,34,36). The minimum absolute atomic E-state index is 0.268. The summed E-state index contributed by atoms with van der Waals surface area (Å²) in [5, 5.41) is 14.7. The number of aromatic nitrogens is 2. The lowest BCUT2D eigenvalue weighted by molar-refractivity contribution is 0.0912. The molecule has 3 aromatic carbocycles. The number of hydrogen-bond donors (Lipinski definition) is 3. The first-order valence-electron chi connectivity index (χ1n) is 12.3. The summed E-state index contributed by atoms with van der Waals surface area (Å²) in [6.45, 7) is 2.21. The first-order chi connectivity index (χ1) is 18.1. The molecule has 0 aliphatic heterocycles. The number of aliphatic hydroxyl groups is 1. The van der Waals surface area contributed by atoms with Crippen LogP contribution < -0.4 is 10.1 Å². The first-order valence-corrected chi connectivity index (χ1v) is 12.3. The van der Waals surface area contributed by atoms with Crippen LogP contribution in [0.2, 0.25) is 0 Å². The van der Waals surface area contributed by atoms with E-state index in [2.05, 4.69) is 15.3 Å². The minimum Gasteiger partial charge on any atom is -0.493 e. The molecule has 0 spiro atoms. The van der Waals surface area contributed by atoms with E-state index in [9.17, 15) is 14.3 Å². The van der Waals surface area contributed by atoms with Crippen LogP contribution >= 0.6 is 0 Å². The number of benzene rings is 3. The van der Waals surface area contributed by atoms with E-state index in [-0.39, 0.29) is 18.3 Å². The number of H-pyrrole nitrogens is 1. The Morgan fingerprint density at radius 2 is 1.95 bits per heavy atom. The third kappa shape index (κ3) is 5.32. The molecule has 2 aromatic heterocycles. The molecule has 1 atom stereocenters. The quantitative estimate of drug-likeness (QED) is 0.246. The molecular formula is C30H28FN3O3. The number of amides is 1. The number of fused-ring (bicyclic) bond motifs is 2. The van der Waals surface area contributed by atoms with Gasteiger partial charge in [0.05, 0.1) is 30.3 Å². The van der Waals surface area contributed by atoms with E-state index >= 15 is 0 Å². The normalized spacial score (nSPS) is 12.1. The predicted octanol–water partition coefficient (Wildman–Crippen LogP) is 5.64. The summed E-state index contributed by atoms with van der Waals surface area (Å²) in [4.78, 5) is 20.9. The number of pyridine rings is 1. The summed E-state index contributed by atoms with van der Waals surface area (Å²) >= 11 is 0. The number of nitrogens with zero attached hydrogens (tertiary/aromatic N) is 1. The highest BCUT2D eigenvalue weighted by atomic mass is 19.1. The largest absolute Gasteiger partial charge is 0.493 e. The van der Waals surface area contributed by atoms with Gasteiger partial charge in [-0.2, -0.15) is 0 Å². The van der Waals surface area contributed by atoms with Crippen LogP contribution in [0.1, 0.15) is 29.3 Å². The van der Waals surface area contributed by atoms with Gasteiger partial charge in [0.1, 0.15) is 11.6 Å². The van der Waals surface area contributed by atoms with Gasteiger partial charge in [-0.25, -0.2) is 4.39 Å². The van der Waals surface area contributed by atoms with Gasteiger partial charge >= 0.3 is 0 Å². The second kappa shape index (κ2) is 10.8. The molecule has 0 saturated carbocycles. The minimum atomic E-state index is -0.566. The van der Waals surface area contributed by atoms with Gasteiger partial charge in [0, 0.05) is 28.7 Å². The Balaban J connectivity index is 1.43. The summed E-state index contributed by atoms with van der Waals surface area (Å²) in [5.74, 6) is -0.200. The number of carbonyl (C=O) groups is 1. The zero-order chi connectivity index (χ0) is 25.8. The predicted molar refractivity (Wildman–Crippen MR) is 143 cm³/mol. The van der Waals surface area contributed by atoms with Crippen LogP contribution in [0, 0.1) is 5.82 Å². The lowest BCUT2D eigenvalue weighted by atomic mass is 9.99. The van der Waals surface area contributed by atoms with Crippen molar-refractivity contribution in [3.63, 3.8) is 0 Å². The van der Waals surface area contributed by atoms with E-state index in [0.717, 1.165) is 44.9 Å². The van der Waals surface area contributed by atoms with E-state index in [4.69, 9.17) is 4.74 Å². The van der Waals surface area contributed by atoms with Crippen molar-refractivity contribution in [3.05, 3.63) is 96.1 Å². The smallest absolute Gasteiger partial charge is 0.255 e. The van der Waals surface area contributed by atoms with Crippen molar-refractivity contribution >= 4 is 27.7 Å². The summed E-state index contributed by atoms with van der Waals surface area (Å²) in [6.07, 6.45) is 4.68. The summed E-state index contributed by atoms with van der Waals surface area (Å²) < 4.78 is 19.7. The fourth-order valence-electron chi connectivity index (χ4n) is 4.49. The Bertz CT molecular complexity index is 1560. The molecule has 1 unspecified atom stereocenters. The summed E-state index contributed by atoms with van der Waals surface area (Å²) in [7, 11) is 0. The maximum atomic E-state index is 13.8. The molecule has 0 bridgehead atoms. The third-order valence-electron chi connectivity index (χ3n) is 6.37. The van der Waals surface area contributed by atoms with Gasteiger partial charge in [0.25, 0.3) is 5.91 Å². The van der Waals surface area contributed by atoms with Gasteiger partial charge in [0.15, 0.2) is 0 Å². The van der Waals surface area contributed by atoms with Crippen LogP contribution in [0.5, 0.6) is 5.75 Å². The molecule has 0 aliphatic rings. The molecule has 5 rings (SSSR count). The van der Waals surface area contributed by atoms with Crippen molar-refractivity contribution in [2.24, 2.45) is 0 Å². The molecule has 0 aliphatic carbocycles. The number of aromatic amines is 1. The lowest BCUT2D eigenvalue weighted by Crippen LogP contribution is -2.39. The Hall–Kier alpha value is -4.23. The van der Waals surface area contributed by atoms with Crippen molar-refractivity contribution in [3.8, 4) is 16.9 Å². The summed E-state index contributed by atoms with van der Waals surface area (Å²) in [5.41, 5.74) is 4.72. The maximum Gasteiger partial charge on any atom is 0.255 e. The maximum absolute atomic E-state index is 13.8. The molecule has 0 saturated heterocycles. The van der Waals surface area contributed by atoms with E-state index in [1.165, 1.54) is 12.1 Å². The molecule has 0 radical (unpaired) electrons. The Morgan fingerprint density at radius 1 is 1.11 bits per heavy atom. The van der Waals surface area contributed by atoms with E-state index < -0.39 is 6.04 Å². The molecule has 5 aromatic rings. The zero-order valence-electron chi connectivity index (χ0n) is 20.5. The van der Waals surface area contributed by atoms with Gasteiger partial charge in [-0.3, -0.25) is 9.78 Å². The number of nitrogens with one attached hydrogen (secondary N) is 2. The van der Waals surface area contributed by atoms with Crippen LogP contribution in [0.25, 0.3) is 32.9 Å². The molecule has 0 fully saturated rings. The molecule has 1 amide bonds. The van der Waals surface area contributed by atoms with Crippen LogP contribution in [0.15, 0.2) is 79.1 Å². The van der Waals surface area contributed by atoms with Gasteiger partial charge < -0.3 is 20.1 Å². The van der Waals surface area contributed by atoms with E-state index in [1.54, 1.807) is 18.5 Å². The fraction of sp³-hybridized carbons (Fsp3) is 0.200. The Kier molecular flexibility index (Phi) is 7.14. The van der Waals surface area contributed by atoms with Crippen molar-refractivity contribution < 1.29 is 19.0 Å². The van der Waals surface area contributed by atoms with Crippen molar-refractivity contribution in [1.29, 1.82) is 0 Å². The van der Waals surface area contributed by atoms with Crippen LogP contribution in [-0.4, -0.2) is 40.2 Å². The van der Waals surface area contributed by atoms with E-state index in [1.807, 2.05) is 55.5 Å². The number of aliphatic hydroxyl groups excluding tert-OH is 1. The van der Waals surface area contributed by atoms with Gasteiger partial charge in [-0.1, -0.05) is 25.1 Å². The lowest BCUT2D eigenvalue weighted by Gasteiger charge is -2.18. The summed E-state index contributed by atoms with van der Waals surface area (Å²) in [6, 6.07) is 19.4. The first kappa shape index (κ1) is 24.5. The molecule has 37 heavy (non-hydrogen) atoms. The molecule has 188 valence electrons. The van der Waals surface area contributed by atoms with Crippen molar-refractivity contribution in [2.75, 3.05) is 13.2 Å². The number of rotatable bonds is 9. The van der Waals surface area contributed by atoms with E-state index in [0.29, 0.717) is 24.3 Å². The molecular weight excluding hydrogens is 469 g/mol. The molecule has 3 N–H and O–H groups in total. The Labute approximate surface area is 214 Å². The monoisotopic (exact) mass is 497 g/mol. The number of hydrogen-bond acceptors (Lipinski definition) is 4. The second-order valence-corrected chi connectivity index (χ2v) is 9.03. The Morgan fingerprint density at radius 3 is 2.78 bits per heavy atom. The van der Waals surface area contributed by atoms with Gasteiger partial charge in [-0.15, -0.1) is 0 Å². The highest BCUT2D eigenvalue weighted by Gasteiger charge is 2.20. The van der Waals surface area contributed by atoms with Crippen LogP contribution in [-0.2, 0) is 6.42 Å². The fourth-order valence-corrected chi connectivity index (χ4v) is 4.49. The molecule has 6 nitrogen and oxygen atoms in total. The highest BCUT2D eigenvalue weighted by Crippen LogP contribution is 2.29. The third-order valence-corrected chi connectivity index (χ3v) is 6.37. The van der Waals surface area contributed by atoms with Crippen LogP contribution in [0.4, 0.5) is 4.39 Å². The highest BCUT2D eigenvalue weighted by molar-refractivity contribution is 5.99. The average Bonchev–Trinajstić information content (AvgIpc) is 3.32. The van der Waals surface area contributed by atoms with Crippen molar-refractivity contribution in [1.82, 2.24) is 15.3 Å². The zero-order valence-corrected chi connectivity index (χ0v) is 20.5. The SMILES string of the molecule is CCCOc1ccc(-c2ccc3ncccc3c2)cc1C(=O)NC(CO)Cc1c[nH]c2ccc(F)cc12. The van der Waals surface area contributed by atoms with Crippen LogP contribution in [0.3, 0.4) is 0 Å². The topological polar surface area (TPSA) is 87.2 Å². The van der Waals surface area contributed by atoms with Gasteiger partial charge in [-0.05, 0) is 78.1 Å². The average molecular weight is 498 g/mol. The van der Waals surface area contributed by atoms with Crippen molar-refractivity contribution in [2.45, 2.75) is 25.8 Å². The number of ether oxygens (including phenoxy) is 1. The number of halogens is 1. The molecule has 2 heterocycles. The van der Waals surface area contributed by atoms with Gasteiger partial charge in [0.2, 0.25) is 0 Å². The number of carbonyl (C=O) groups excluding carboxylic acids is 1.